The minimum Gasteiger partial charge on any atom is -0.395 e. The molecule has 0 saturated heterocycles. The fraction of sp³-hybridized carbons (Fsp3) is 0.474. The van der Waals surface area contributed by atoms with Crippen LogP contribution < -0.4 is 5.56 Å². The number of hydrogen-bond donors (Lipinski definition) is 2. The number of benzene rings is 1. The first-order valence-electron chi connectivity index (χ1n) is 8.86. The Labute approximate surface area is 156 Å². The lowest BCUT2D eigenvalue weighted by molar-refractivity contribution is 0.155. The van der Waals surface area contributed by atoms with Gasteiger partial charge < -0.3 is 10.2 Å². The van der Waals surface area contributed by atoms with Gasteiger partial charge in [0.25, 0.3) is 5.56 Å². The highest BCUT2D eigenvalue weighted by molar-refractivity contribution is 5.59. The summed E-state index contributed by atoms with van der Waals surface area (Å²) >= 11 is 0. The molecule has 0 fully saturated rings. The van der Waals surface area contributed by atoms with Crippen LogP contribution in [0.1, 0.15) is 19.4 Å². The van der Waals surface area contributed by atoms with Crippen molar-refractivity contribution in [3.63, 3.8) is 0 Å². The molecule has 148 valence electrons. The van der Waals surface area contributed by atoms with E-state index in [0.29, 0.717) is 36.5 Å². The summed E-state index contributed by atoms with van der Waals surface area (Å²) in [6, 6.07) is 5.03. The molecule has 1 heterocycles. The smallest absolute Gasteiger partial charge is 0.271 e. The van der Waals surface area contributed by atoms with Crippen molar-refractivity contribution in [2.24, 2.45) is 5.92 Å². The molecule has 2 N–H and O–H groups in total. The molecule has 6 nitrogen and oxygen atoms in total. The fourth-order valence-electron chi connectivity index (χ4n) is 2.77. The van der Waals surface area contributed by atoms with E-state index in [-0.39, 0.29) is 31.2 Å². The Bertz CT molecular complexity index is 818. The zero-order chi connectivity index (χ0) is 20.0. The van der Waals surface area contributed by atoms with Crippen LogP contribution in [0.3, 0.4) is 0 Å². The van der Waals surface area contributed by atoms with Gasteiger partial charge in [0, 0.05) is 37.3 Å². The number of rotatable bonds is 9. The maximum atomic E-state index is 13.6. The normalized spacial score (nSPS) is 11.6. The summed E-state index contributed by atoms with van der Waals surface area (Å²) in [5, 5.41) is 22.7. The van der Waals surface area contributed by atoms with E-state index in [4.69, 9.17) is 0 Å². The van der Waals surface area contributed by atoms with Crippen LogP contribution in [0.5, 0.6) is 0 Å². The van der Waals surface area contributed by atoms with Gasteiger partial charge in [0.2, 0.25) is 0 Å². The van der Waals surface area contributed by atoms with Crippen molar-refractivity contribution in [3.8, 4) is 11.3 Å². The van der Waals surface area contributed by atoms with Gasteiger partial charge in [-0.15, -0.1) is 0 Å². The van der Waals surface area contributed by atoms with Crippen molar-refractivity contribution < 1.29 is 19.0 Å². The highest BCUT2D eigenvalue weighted by atomic mass is 19.2. The maximum Gasteiger partial charge on any atom is 0.271 e. The molecule has 0 bridgehead atoms. The number of aliphatic hydroxyl groups is 2. The third-order valence-corrected chi connectivity index (χ3v) is 4.03. The first-order chi connectivity index (χ1) is 12.8. The molecule has 1 aromatic heterocycles. The zero-order valence-electron chi connectivity index (χ0n) is 15.5. The SMILES string of the molecule is CC(C)Cn1nc(-c2ccc(F)c(F)c2)cc(CN(CCO)CCO)c1=O. The molecule has 2 rings (SSSR count). The van der Waals surface area contributed by atoms with E-state index in [1.807, 2.05) is 13.8 Å². The van der Waals surface area contributed by atoms with Crippen LogP contribution in [0, 0.1) is 17.6 Å². The summed E-state index contributed by atoms with van der Waals surface area (Å²) in [6.07, 6.45) is 0. The van der Waals surface area contributed by atoms with Gasteiger partial charge in [0.1, 0.15) is 0 Å². The van der Waals surface area contributed by atoms with E-state index >= 15 is 0 Å². The number of nitrogens with zero attached hydrogens (tertiary/aromatic N) is 3. The zero-order valence-corrected chi connectivity index (χ0v) is 15.5. The lowest BCUT2D eigenvalue weighted by Gasteiger charge is -2.21. The molecule has 0 unspecified atom stereocenters. The number of aliphatic hydroxyl groups excluding tert-OH is 2. The summed E-state index contributed by atoms with van der Waals surface area (Å²) in [5.41, 5.74) is 0.851. The fourth-order valence-corrected chi connectivity index (χ4v) is 2.77. The molecule has 0 aliphatic heterocycles. The minimum atomic E-state index is -0.986. The average Bonchev–Trinajstić information content (AvgIpc) is 2.60. The average molecular weight is 381 g/mol. The Morgan fingerprint density at radius 2 is 1.78 bits per heavy atom. The van der Waals surface area contributed by atoms with Crippen LogP contribution in [0.25, 0.3) is 11.3 Å². The molecule has 27 heavy (non-hydrogen) atoms. The third kappa shape index (κ3) is 5.66. The van der Waals surface area contributed by atoms with Crippen molar-refractivity contribution in [1.82, 2.24) is 14.7 Å². The second kappa shape index (κ2) is 9.68. The van der Waals surface area contributed by atoms with Crippen molar-refractivity contribution in [1.29, 1.82) is 0 Å². The van der Waals surface area contributed by atoms with E-state index in [9.17, 15) is 23.8 Å². The number of aromatic nitrogens is 2. The quantitative estimate of drug-likeness (QED) is 0.690. The largest absolute Gasteiger partial charge is 0.395 e. The van der Waals surface area contributed by atoms with E-state index in [0.717, 1.165) is 12.1 Å². The first kappa shape index (κ1) is 21.1. The van der Waals surface area contributed by atoms with Crippen LogP contribution in [0.4, 0.5) is 8.78 Å². The molecular weight excluding hydrogens is 356 g/mol. The van der Waals surface area contributed by atoms with Gasteiger partial charge in [0.05, 0.1) is 18.9 Å². The van der Waals surface area contributed by atoms with Gasteiger partial charge in [-0.25, -0.2) is 13.5 Å². The van der Waals surface area contributed by atoms with Crippen molar-refractivity contribution >= 4 is 0 Å². The topological polar surface area (TPSA) is 78.6 Å². The van der Waals surface area contributed by atoms with Crippen LogP contribution in [-0.4, -0.2) is 51.2 Å². The van der Waals surface area contributed by atoms with Gasteiger partial charge in [-0.1, -0.05) is 13.8 Å². The predicted molar refractivity (Wildman–Crippen MR) is 98.1 cm³/mol. The van der Waals surface area contributed by atoms with Crippen molar-refractivity contribution in [3.05, 3.63) is 51.8 Å². The molecular formula is C19H25F2N3O3. The Kier molecular flexibility index (Phi) is 7.58. The Balaban J connectivity index is 2.50. The molecule has 0 spiro atoms. The lowest BCUT2D eigenvalue weighted by atomic mass is 10.1. The minimum absolute atomic E-state index is 0.110. The summed E-state index contributed by atoms with van der Waals surface area (Å²) in [4.78, 5) is 14.5. The summed E-state index contributed by atoms with van der Waals surface area (Å²) in [7, 11) is 0. The standard InChI is InChI=1S/C19H25F2N3O3/c1-13(2)11-24-19(27)15(12-23(5-7-25)6-8-26)10-18(22-24)14-3-4-16(20)17(21)9-14/h3-4,9-10,13,25-26H,5-8,11-12H2,1-2H3. The lowest BCUT2D eigenvalue weighted by Crippen LogP contribution is -2.35. The molecule has 0 atom stereocenters. The van der Waals surface area contributed by atoms with E-state index < -0.39 is 11.6 Å². The van der Waals surface area contributed by atoms with Crippen molar-refractivity contribution in [2.45, 2.75) is 26.9 Å². The number of hydrogen-bond acceptors (Lipinski definition) is 5. The Morgan fingerprint density at radius 3 is 2.33 bits per heavy atom. The van der Waals surface area contributed by atoms with Gasteiger partial charge >= 0.3 is 0 Å². The molecule has 0 radical (unpaired) electrons. The molecule has 8 heteroatoms. The van der Waals surface area contributed by atoms with Crippen LogP contribution >= 0.6 is 0 Å². The highest BCUT2D eigenvalue weighted by Gasteiger charge is 2.15. The van der Waals surface area contributed by atoms with Crippen LogP contribution in [-0.2, 0) is 13.1 Å². The van der Waals surface area contributed by atoms with Gasteiger partial charge in [-0.05, 0) is 30.2 Å². The first-order valence-corrected chi connectivity index (χ1v) is 8.86. The monoisotopic (exact) mass is 381 g/mol. The van der Waals surface area contributed by atoms with E-state index in [1.54, 1.807) is 11.0 Å². The summed E-state index contributed by atoms with van der Waals surface area (Å²) in [5.74, 6) is -1.78. The third-order valence-electron chi connectivity index (χ3n) is 4.03. The Morgan fingerprint density at radius 1 is 1.11 bits per heavy atom. The van der Waals surface area contributed by atoms with E-state index in [2.05, 4.69) is 5.10 Å². The Hall–Kier alpha value is -2.16. The molecule has 2 aromatic rings. The molecule has 0 amide bonds. The second-order valence-corrected chi connectivity index (χ2v) is 6.79. The van der Waals surface area contributed by atoms with E-state index in [1.165, 1.54) is 10.7 Å². The number of halogens is 2. The summed E-state index contributed by atoms with van der Waals surface area (Å²) in [6.45, 7) is 4.85. The predicted octanol–water partition coefficient (Wildman–Crippen LogP) is 1.63. The van der Waals surface area contributed by atoms with Gasteiger partial charge in [-0.2, -0.15) is 5.10 Å². The van der Waals surface area contributed by atoms with Crippen LogP contribution in [0.15, 0.2) is 29.1 Å². The highest BCUT2D eigenvalue weighted by Crippen LogP contribution is 2.20. The van der Waals surface area contributed by atoms with Crippen molar-refractivity contribution in [2.75, 3.05) is 26.3 Å². The van der Waals surface area contributed by atoms with Gasteiger partial charge in [-0.3, -0.25) is 9.69 Å². The molecule has 0 saturated carbocycles. The molecule has 0 aliphatic carbocycles. The second-order valence-electron chi connectivity index (χ2n) is 6.79. The summed E-state index contributed by atoms with van der Waals surface area (Å²) < 4.78 is 28.2. The maximum absolute atomic E-state index is 13.6. The van der Waals surface area contributed by atoms with Crippen LogP contribution in [0.2, 0.25) is 0 Å². The van der Waals surface area contributed by atoms with Gasteiger partial charge in [0.15, 0.2) is 11.6 Å². The molecule has 0 aliphatic rings. The molecule has 1 aromatic carbocycles.